The van der Waals surface area contributed by atoms with Gasteiger partial charge in [-0.2, -0.15) is 5.26 Å². The predicted molar refractivity (Wildman–Crippen MR) is 41.5 cm³/mol. The van der Waals surface area contributed by atoms with Gasteiger partial charge in [0.2, 0.25) is 0 Å². The molecule has 0 radical (unpaired) electrons. The number of nitriles is 1. The summed E-state index contributed by atoms with van der Waals surface area (Å²) in [4.78, 5) is 0. The van der Waals surface area contributed by atoms with E-state index < -0.39 is 30.5 Å². The minimum absolute atomic E-state index is 0.0354. The van der Waals surface area contributed by atoms with Crippen molar-refractivity contribution in [2.45, 2.75) is 23.9 Å². The standard InChI is InChI=1S/C7H12N2O4/c8-2-7(3-10)6(13)5(12)4(11)1-9-7/h4-6,9-13H,1,3H2. The van der Waals surface area contributed by atoms with Crippen LogP contribution in [0.3, 0.4) is 0 Å². The largest absolute Gasteiger partial charge is 0.393 e. The fourth-order valence-corrected chi connectivity index (χ4v) is 1.30. The topological polar surface area (TPSA) is 117 Å². The van der Waals surface area contributed by atoms with Crippen molar-refractivity contribution in [2.24, 2.45) is 0 Å². The molecule has 1 fully saturated rings. The van der Waals surface area contributed by atoms with Crippen LogP contribution >= 0.6 is 0 Å². The third kappa shape index (κ3) is 1.52. The lowest BCUT2D eigenvalue weighted by Crippen LogP contribution is -2.69. The fourth-order valence-electron chi connectivity index (χ4n) is 1.30. The van der Waals surface area contributed by atoms with Crippen molar-refractivity contribution < 1.29 is 20.4 Å². The summed E-state index contributed by atoms with van der Waals surface area (Å²) in [5, 5.41) is 47.8. The molecule has 0 spiro atoms. The Morgan fingerprint density at radius 2 is 2.08 bits per heavy atom. The van der Waals surface area contributed by atoms with Crippen LogP contribution in [0.25, 0.3) is 0 Å². The second kappa shape index (κ2) is 3.57. The van der Waals surface area contributed by atoms with Crippen LogP contribution < -0.4 is 5.32 Å². The van der Waals surface area contributed by atoms with E-state index in [2.05, 4.69) is 5.32 Å². The number of aliphatic hydroxyl groups is 4. The Kier molecular flexibility index (Phi) is 2.85. The number of piperidine rings is 1. The Hall–Kier alpha value is -0.710. The highest BCUT2D eigenvalue weighted by Gasteiger charge is 2.48. The molecule has 1 heterocycles. The third-order valence-corrected chi connectivity index (χ3v) is 2.30. The minimum Gasteiger partial charge on any atom is -0.393 e. The van der Waals surface area contributed by atoms with E-state index in [1.807, 2.05) is 0 Å². The highest BCUT2D eigenvalue weighted by molar-refractivity contribution is 5.17. The van der Waals surface area contributed by atoms with Crippen LogP contribution in [0.4, 0.5) is 0 Å². The molecule has 1 aliphatic heterocycles. The monoisotopic (exact) mass is 188 g/mol. The highest BCUT2D eigenvalue weighted by Crippen LogP contribution is 2.19. The minimum atomic E-state index is -1.57. The van der Waals surface area contributed by atoms with E-state index in [4.69, 9.17) is 15.5 Å². The average Bonchev–Trinajstić information content (AvgIpc) is 2.16. The second-order valence-electron chi connectivity index (χ2n) is 3.12. The second-order valence-corrected chi connectivity index (χ2v) is 3.12. The molecular formula is C7H12N2O4. The van der Waals surface area contributed by atoms with Crippen molar-refractivity contribution in [3.8, 4) is 6.07 Å². The predicted octanol–water partition coefficient (Wildman–Crippen LogP) is -3.07. The van der Waals surface area contributed by atoms with Gasteiger partial charge in [-0.15, -0.1) is 0 Å². The van der Waals surface area contributed by atoms with Gasteiger partial charge < -0.3 is 20.4 Å². The molecule has 13 heavy (non-hydrogen) atoms. The van der Waals surface area contributed by atoms with E-state index in [-0.39, 0.29) is 6.54 Å². The zero-order valence-corrected chi connectivity index (χ0v) is 6.88. The molecule has 74 valence electrons. The maximum atomic E-state index is 9.40. The van der Waals surface area contributed by atoms with Crippen LogP contribution in [-0.2, 0) is 0 Å². The number of aliphatic hydroxyl groups excluding tert-OH is 4. The van der Waals surface area contributed by atoms with Crippen LogP contribution in [-0.4, -0.2) is 57.4 Å². The molecule has 0 saturated carbocycles. The molecule has 1 saturated heterocycles. The maximum absolute atomic E-state index is 9.40. The third-order valence-electron chi connectivity index (χ3n) is 2.30. The van der Waals surface area contributed by atoms with Gasteiger partial charge in [0.05, 0.1) is 18.8 Å². The molecule has 6 heteroatoms. The molecule has 1 rings (SSSR count). The van der Waals surface area contributed by atoms with Crippen molar-refractivity contribution in [3.63, 3.8) is 0 Å². The molecule has 0 aromatic heterocycles. The first-order valence-corrected chi connectivity index (χ1v) is 3.89. The van der Waals surface area contributed by atoms with Crippen molar-refractivity contribution in [1.82, 2.24) is 5.32 Å². The quantitative estimate of drug-likeness (QED) is 0.298. The van der Waals surface area contributed by atoms with Crippen molar-refractivity contribution >= 4 is 0 Å². The number of hydrogen-bond donors (Lipinski definition) is 5. The van der Waals surface area contributed by atoms with Gasteiger partial charge in [-0.3, -0.25) is 5.32 Å². The normalized spacial score (nSPS) is 45.6. The Labute approximate surface area is 75.0 Å². The van der Waals surface area contributed by atoms with Crippen LogP contribution in [0.15, 0.2) is 0 Å². The molecule has 5 N–H and O–H groups in total. The zero-order valence-electron chi connectivity index (χ0n) is 6.88. The maximum Gasteiger partial charge on any atom is 0.158 e. The number of rotatable bonds is 1. The summed E-state index contributed by atoms with van der Waals surface area (Å²) in [5.41, 5.74) is -1.57. The Morgan fingerprint density at radius 3 is 2.54 bits per heavy atom. The summed E-state index contributed by atoms with van der Waals surface area (Å²) >= 11 is 0. The van der Waals surface area contributed by atoms with E-state index >= 15 is 0 Å². The van der Waals surface area contributed by atoms with Gasteiger partial charge >= 0.3 is 0 Å². The smallest absolute Gasteiger partial charge is 0.158 e. The molecule has 0 bridgehead atoms. The number of nitrogens with zero attached hydrogens (tertiary/aromatic N) is 1. The van der Waals surface area contributed by atoms with E-state index in [1.54, 1.807) is 6.07 Å². The molecule has 0 amide bonds. The van der Waals surface area contributed by atoms with Crippen molar-refractivity contribution in [1.29, 1.82) is 5.26 Å². The average molecular weight is 188 g/mol. The lowest BCUT2D eigenvalue weighted by atomic mass is 9.85. The molecule has 4 atom stereocenters. The van der Waals surface area contributed by atoms with Crippen molar-refractivity contribution in [3.05, 3.63) is 0 Å². The van der Waals surface area contributed by atoms with Gasteiger partial charge in [-0.25, -0.2) is 0 Å². The zero-order chi connectivity index (χ0) is 10.1. The summed E-state index contributed by atoms with van der Waals surface area (Å²) < 4.78 is 0. The summed E-state index contributed by atoms with van der Waals surface area (Å²) in [5.74, 6) is 0. The van der Waals surface area contributed by atoms with E-state index in [1.165, 1.54) is 0 Å². The van der Waals surface area contributed by atoms with Crippen LogP contribution in [0.5, 0.6) is 0 Å². The van der Waals surface area contributed by atoms with Crippen LogP contribution in [0, 0.1) is 11.3 Å². The van der Waals surface area contributed by atoms with Gasteiger partial charge in [-0.05, 0) is 0 Å². The van der Waals surface area contributed by atoms with E-state index in [9.17, 15) is 10.2 Å². The summed E-state index contributed by atoms with van der Waals surface area (Å²) in [6.07, 6.45) is -4.03. The first-order valence-electron chi connectivity index (χ1n) is 3.89. The number of nitrogens with one attached hydrogen (secondary N) is 1. The molecule has 1 aliphatic rings. The van der Waals surface area contributed by atoms with Crippen molar-refractivity contribution in [2.75, 3.05) is 13.2 Å². The molecule has 0 aliphatic carbocycles. The molecule has 6 nitrogen and oxygen atoms in total. The lowest BCUT2D eigenvalue weighted by molar-refractivity contribution is -0.118. The first-order chi connectivity index (χ1) is 6.07. The van der Waals surface area contributed by atoms with Gasteiger partial charge in [0.25, 0.3) is 0 Å². The van der Waals surface area contributed by atoms with E-state index in [0.29, 0.717) is 0 Å². The van der Waals surface area contributed by atoms with Gasteiger partial charge in [0, 0.05) is 6.54 Å². The van der Waals surface area contributed by atoms with Gasteiger partial charge in [0.1, 0.15) is 12.2 Å². The Morgan fingerprint density at radius 1 is 1.46 bits per heavy atom. The fraction of sp³-hybridized carbons (Fsp3) is 0.857. The SMILES string of the molecule is N#CC1(CO)NCC(O)C(O)C1O. The van der Waals surface area contributed by atoms with Gasteiger partial charge in [-0.1, -0.05) is 0 Å². The summed E-state index contributed by atoms with van der Waals surface area (Å²) in [7, 11) is 0. The molecule has 4 unspecified atom stereocenters. The summed E-state index contributed by atoms with van der Waals surface area (Å²) in [6, 6.07) is 1.69. The number of β-amino-alcohol motifs (C(OH)–C–C–N with tert-alkyl or cyclic N) is 1. The Balaban J connectivity index is 2.85. The van der Waals surface area contributed by atoms with Gasteiger partial charge in [0.15, 0.2) is 5.54 Å². The molecule has 0 aromatic carbocycles. The van der Waals surface area contributed by atoms with Crippen LogP contribution in [0.1, 0.15) is 0 Å². The first kappa shape index (κ1) is 10.4. The molecular weight excluding hydrogens is 176 g/mol. The number of hydrogen-bond acceptors (Lipinski definition) is 6. The molecule has 0 aromatic rings. The lowest BCUT2D eigenvalue weighted by Gasteiger charge is -2.40. The van der Waals surface area contributed by atoms with Crippen LogP contribution in [0.2, 0.25) is 0 Å². The highest BCUT2D eigenvalue weighted by atomic mass is 16.4. The Bertz CT molecular complexity index is 229. The van der Waals surface area contributed by atoms with E-state index in [0.717, 1.165) is 0 Å². The summed E-state index contributed by atoms with van der Waals surface area (Å²) in [6.45, 7) is -0.652.